The van der Waals surface area contributed by atoms with Crippen molar-refractivity contribution in [3.63, 3.8) is 0 Å². The monoisotopic (exact) mass is 353 g/mol. The van der Waals surface area contributed by atoms with Crippen molar-refractivity contribution in [2.75, 3.05) is 5.32 Å². The predicted molar refractivity (Wildman–Crippen MR) is 95.9 cm³/mol. The van der Waals surface area contributed by atoms with Gasteiger partial charge < -0.3 is 9.72 Å². The van der Waals surface area contributed by atoms with Gasteiger partial charge in [-0.1, -0.05) is 11.6 Å². The molecule has 0 aliphatic heterocycles. The smallest absolute Gasteiger partial charge is 0.278 e. The Bertz CT molecular complexity index is 1110. The molecular formula is C17H12ClN5O2. The molecule has 1 N–H and O–H groups in total. The maximum absolute atomic E-state index is 11.2. The minimum absolute atomic E-state index is 0.0380. The third-order valence-corrected chi connectivity index (χ3v) is 4.09. The van der Waals surface area contributed by atoms with Gasteiger partial charge in [0.05, 0.1) is 33.3 Å². The zero-order valence-corrected chi connectivity index (χ0v) is 13.6. The highest BCUT2D eigenvalue weighted by Gasteiger charge is 2.15. The van der Waals surface area contributed by atoms with Crippen molar-refractivity contribution in [1.29, 1.82) is 0 Å². The number of nitrogens with zero attached hydrogens (tertiary/aromatic N) is 4. The normalized spacial score (nSPS) is 11.1. The molecule has 3 heterocycles. The summed E-state index contributed by atoms with van der Waals surface area (Å²) in [4.78, 5) is 19.6. The van der Waals surface area contributed by atoms with Gasteiger partial charge in [-0.05, 0) is 30.3 Å². The molecule has 25 heavy (non-hydrogen) atoms. The van der Waals surface area contributed by atoms with Crippen LogP contribution in [0.2, 0.25) is 5.02 Å². The quantitative estimate of drug-likeness (QED) is 0.441. The molecule has 4 rings (SSSR count). The number of anilines is 1. The number of halogens is 1. The fourth-order valence-electron chi connectivity index (χ4n) is 2.75. The van der Waals surface area contributed by atoms with E-state index in [1.54, 1.807) is 36.7 Å². The third-order valence-electron chi connectivity index (χ3n) is 3.87. The zero-order chi connectivity index (χ0) is 17.4. The molecule has 0 aliphatic carbocycles. The molecule has 0 saturated heterocycles. The molecule has 4 aromatic rings. The number of nitro benzene ring substituents is 1. The highest BCUT2D eigenvalue weighted by Crippen LogP contribution is 2.29. The molecule has 0 spiro atoms. The van der Waals surface area contributed by atoms with Gasteiger partial charge in [0.2, 0.25) is 0 Å². The number of nitro groups is 1. The highest BCUT2D eigenvalue weighted by molar-refractivity contribution is 6.30. The molecule has 7 nitrogen and oxygen atoms in total. The number of pyridine rings is 2. The molecule has 0 amide bonds. The second kappa shape index (κ2) is 6.03. The minimum Gasteiger partial charge on any atom is -0.378 e. The summed E-state index contributed by atoms with van der Waals surface area (Å²) >= 11 is 5.98. The first kappa shape index (κ1) is 15.3. The van der Waals surface area contributed by atoms with Gasteiger partial charge in [0.15, 0.2) is 0 Å². The fourth-order valence-corrected chi connectivity index (χ4v) is 2.92. The van der Waals surface area contributed by atoms with Crippen LogP contribution in [0.4, 0.5) is 11.4 Å². The van der Waals surface area contributed by atoms with E-state index >= 15 is 0 Å². The number of hydrogen-bond donors (Lipinski definition) is 1. The standard InChI is InChI=1S/C17H12ClN5O2/c18-11-3-6-16-21-12(10-22(16)9-11)8-20-14-4-5-15(23(24)25)13-2-1-7-19-17(13)14/h1-7,9-10,20H,8H2. The number of non-ortho nitro benzene ring substituents is 1. The molecule has 0 fully saturated rings. The maximum atomic E-state index is 11.2. The van der Waals surface area contributed by atoms with E-state index in [2.05, 4.69) is 15.3 Å². The lowest BCUT2D eigenvalue weighted by molar-refractivity contribution is -0.383. The molecular weight excluding hydrogens is 342 g/mol. The third kappa shape index (κ3) is 2.85. The molecule has 124 valence electrons. The lowest BCUT2D eigenvalue weighted by Crippen LogP contribution is -2.02. The van der Waals surface area contributed by atoms with Gasteiger partial charge in [-0.15, -0.1) is 0 Å². The number of hydrogen-bond acceptors (Lipinski definition) is 5. The van der Waals surface area contributed by atoms with Gasteiger partial charge in [-0.2, -0.15) is 0 Å². The Balaban J connectivity index is 1.66. The summed E-state index contributed by atoms with van der Waals surface area (Å²) in [5, 5.41) is 15.6. The van der Waals surface area contributed by atoms with E-state index in [4.69, 9.17) is 11.6 Å². The zero-order valence-electron chi connectivity index (χ0n) is 12.9. The van der Waals surface area contributed by atoms with Crippen molar-refractivity contribution in [2.24, 2.45) is 0 Å². The minimum atomic E-state index is -0.403. The SMILES string of the molecule is O=[N+]([O-])c1ccc(NCc2cn3cc(Cl)ccc3n2)c2ncccc12. The van der Waals surface area contributed by atoms with Crippen molar-refractivity contribution < 1.29 is 4.92 Å². The van der Waals surface area contributed by atoms with Crippen LogP contribution in [-0.4, -0.2) is 19.3 Å². The van der Waals surface area contributed by atoms with Crippen molar-refractivity contribution in [3.05, 3.63) is 75.8 Å². The molecule has 0 saturated carbocycles. The first-order valence-electron chi connectivity index (χ1n) is 7.51. The summed E-state index contributed by atoms with van der Waals surface area (Å²) in [5.74, 6) is 0. The lowest BCUT2D eigenvalue weighted by Gasteiger charge is -2.08. The summed E-state index contributed by atoms with van der Waals surface area (Å²) in [6.07, 6.45) is 5.29. The van der Waals surface area contributed by atoms with E-state index in [1.165, 1.54) is 6.07 Å². The largest absolute Gasteiger partial charge is 0.378 e. The predicted octanol–water partition coefficient (Wildman–Crippen LogP) is 4.06. The van der Waals surface area contributed by atoms with Gasteiger partial charge in [0.25, 0.3) is 5.69 Å². The summed E-state index contributed by atoms with van der Waals surface area (Å²) in [6.45, 7) is 0.461. The van der Waals surface area contributed by atoms with Crippen LogP contribution in [-0.2, 0) is 6.54 Å². The van der Waals surface area contributed by atoms with Gasteiger partial charge in [-0.25, -0.2) is 4.98 Å². The first-order chi connectivity index (χ1) is 12.1. The van der Waals surface area contributed by atoms with Crippen LogP contribution >= 0.6 is 11.6 Å². The molecule has 3 aromatic heterocycles. The van der Waals surface area contributed by atoms with Crippen molar-refractivity contribution in [2.45, 2.75) is 6.54 Å². The van der Waals surface area contributed by atoms with Gasteiger partial charge in [0.1, 0.15) is 11.2 Å². The molecule has 0 aliphatic rings. The number of fused-ring (bicyclic) bond motifs is 2. The lowest BCUT2D eigenvalue weighted by atomic mass is 10.1. The van der Waals surface area contributed by atoms with Crippen molar-refractivity contribution >= 4 is 39.5 Å². The molecule has 0 bridgehead atoms. The highest BCUT2D eigenvalue weighted by atomic mass is 35.5. The topological polar surface area (TPSA) is 85.4 Å². The van der Waals surface area contributed by atoms with Crippen LogP contribution in [0, 0.1) is 10.1 Å². The van der Waals surface area contributed by atoms with Crippen molar-refractivity contribution in [3.8, 4) is 0 Å². The Morgan fingerprint density at radius 2 is 2.08 bits per heavy atom. The average Bonchev–Trinajstić information content (AvgIpc) is 3.01. The van der Waals surface area contributed by atoms with Crippen LogP contribution in [0.5, 0.6) is 0 Å². The second-order valence-electron chi connectivity index (χ2n) is 5.49. The second-order valence-corrected chi connectivity index (χ2v) is 5.92. The molecule has 0 unspecified atom stereocenters. The Labute approximate surface area is 147 Å². The first-order valence-corrected chi connectivity index (χ1v) is 7.89. The Hall–Kier alpha value is -3.19. The number of rotatable bonds is 4. The summed E-state index contributed by atoms with van der Waals surface area (Å²) in [6, 6.07) is 10.2. The Morgan fingerprint density at radius 3 is 2.92 bits per heavy atom. The summed E-state index contributed by atoms with van der Waals surface area (Å²) in [7, 11) is 0. The van der Waals surface area contributed by atoms with Gasteiger partial charge >= 0.3 is 0 Å². The van der Waals surface area contributed by atoms with E-state index in [0.717, 1.165) is 17.0 Å². The number of benzene rings is 1. The van der Waals surface area contributed by atoms with Crippen LogP contribution < -0.4 is 5.32 Å². The molecule has 0 atom stereocenters. The molecule has 8 heteroatoms. The van der Waals surface area contributed by atoms with E-state index in [0.29, 0.717) is 22.5 Å². The Morgan fingerprint density at radius 1 is 1.20 bits per heavy atom. The van der Waals surface area contributed by atoms with Crippen LogP contribution in [0.1, 0.15) is 5.69 Å². The average molecular weight is 354 g/mol. The van der Waals surface area contributed by atoms with Crippen LogP contribution in [0.15, 0.2) is 55.0 Å². The van der Waals surface area contributed by atoms with E-state index in [-0.39, 0.29) is 5.69 Å². The van der Waals surface area contributed by atoms with Crippen molar-refractivity contribution in [1.82, 2.24) is 14.4 Å². The Kier molecular flexibility index (Phi) is 3.70. The van der Waals surface area contributed by atoms with E-state index in [1.807, 2.05) is 16.7 Å². The molecule has 1 aromatic carbocycles. The number of aromatic nitrogens is 3. The molecule has 0 radical (unpaired) electrons. The number of imidazole rings is 1. The fraction of sp³-hybridized carbons (Fsp3) is 0.0588. The summed E-state index contributed by atoms with van der Waals surface area (Å²) < 4.78 is 1.85. The number of nitrogens with one attached hydrogen (secondary N) is 1. The van der Waals surface area contributed by atoms with Crippen LogP contribution in [0.25, 0.3) is 16.6 Å². The maximum Gasteiger partial charge on any atom is 0.278 e. The van der Waals surface area contributed by atoms with E-state index < -0.39 is 4.92 Å². The van der Waals surface area contributed by atoms with Gasteiger partial charge in [-0.3, -0.25) is 15.1 Å². The van der Waals surface area contributed by atoms with Gasteiger partial charge in [0, 0.05) is 24.7 Å². The van der Waals surface area contributed by atoms with Crippen LogP contribution in [0.3, 0.4) is 0 Å². The van der Waals surface area contributed by atoms with E-state index in [9.17, 15) is 10.1 Å². The summed E-state index contributed by atoms with van der Waals surface area (Å²) in [5.41, 5.74) is 2.94.